The Balaban J connectivity index is 2.53. The Bertz CT molecular complexity index is 365. The summed E-state index contributed by atoms with van der Waals surface area (Å²) in [5, 5.41) is 5.13. The Kier molecular flexibility index (Phi) is 5.62. The van der Waals surface area contributed by atoms with Gasteiger partial charge in [-0.25, -0.2) is 4.98 Å². The van der Waals surface area contributed by atoms with Gasteiger partial charge in [-0.2, -0.15) is 0 Å². The largest absolute Gasteiger partial charge is 0.356 e. The third-order valence-electron chi connectivity index (χ3n) is 2.15. The third kappa shape index (κ3) is 4.14. The average Bonchev–Trinajstić information content (AvgIpc) is 2.81. The van der Waals surface area contributed by atoms with Crippen LogP contribution in [-0.2, 0) is 9.59 Å². The molecule has 0 fully saturated rings. The fourth-order valence-corrected chi connectivity index (χ4v) is 2.05. The first-order valence-corrected chi connectivity index (χ1v) is 6.53. The molecular formula is C11H17N3O2S. The number of aromatic nitrogens is 1. The first-order valence-electron chi connectivity index (χ1n) is 5.65. The second-order valence-electron chi connectivity index (χ2n) is 3.48. The smallest absolute Gasteiger partial charge is 0.238 e. The van der Waals surface area contributed by atoms with Gasteiger partial charge in [-0.3, -0.25) is 14.5 Å². The van der Waals surface area contributed by atoms with Gasteiger partial charge < -0.3 is 5.32 Å². The number of carbonyl (C=O) groups is 2. The summed E-state index contributed by atoms with van der Waals surface area (Å²) in [5.41, 5.74) is 0. The number of carbonyl (C=O) groups excluding carboxylic acids is 2. The second-order valence-corrected chi connectivity index (χ2v) is 4.35. The second kappa shape index (κ2) is 7.01. The molecule has 1 rings (SSSR count). The SMILES string of the molecule is CCCNC(=O)CC(=O)N(CC)c1nccs1. The molecule has 0 aromatic carbocycles. The van der Waals surface area contributed by atoms with Crippen molar-refractivity contribution in [2.75, 3.05) is 18.0 Å². The molecule has 0 radical (unpaired) electrons. The zero-order valence-corrected chi connectivity index (χ0v) is 10.9. The molecule has 0 bridgehead atoms. The average molecular weight is 255 g/mol. The van der Waals surface area contributed by atoms with Gasteiger partial charge in [0.15, 0.2) is 5.13 Å². The Morgan fingerprint density at radius 1 is 1.47 bits per heavy atom. The van der Waals surface area contributed by atoms with Crippen molar-refractivity contribution in [3.63, 3.8) is 0 Å². The molecule has 1 aromatic rings. The first-order chi connectivity index (χ1) is 8.19. The predicted octanol–water partition coefficient (Wildman–Crippen LogP) is 1.41. The van der Waals surface area contributed by atoms with E-state index in [9.17, 15) is 9.59 Å². The normalized spacial score (nSPS) is 10.0. The molecule has 17 heavy (non-hydrogen) atoms. The van der Waals surface area contributed by atoms with Crippen molar-refractivity contribution in [3.05, 3.63) is 11.6 Å². The maximum absolute atomic E-state index is 11.9. The Labute approximate surface area is 105 Å². The van der Waals surface area contributed by atoms with Crippen molar-refractivity contribution < 1.29 is 9.59 Å². The van der Waals surface area contributed by atoms with Gasteiger partial charge in [-0.1, -0.05) is 6.92 Å². The minimum Gasteiger partial charge on any atom is -0.356 e. The molecule has 94 valence electrons. The lowest BCUT2D eigenvalue weighted by Gasteiger charge is -2.17. The maximum Gasteiger partial charge on any atom is 0.238 e. The summed E-state index contributed by atoms with van der Waals surface area (Å²) in [6, 6.07) is 0. The lowest BCUT2D eigenvalue weighted by atomic mass is 10.3. The molecular weight excluding hydrogens is 238 g/mol. The zero-order chi connectivity index (χ0) is 12.7. The van der Waals surface area contributed by atoms with Crippen LogP contribution in [0.1, 0.15) is 26.7 Å². The lowest BCUT2D eigenvalue weighted by molar-refractivity contribution is -0.127. The summed E-state index contributed by atoms with van der Waals surface area (Å²) >= 11 is 1.39. The maximum atomic E-state index is 11.9. The monoisotopic (exact) mass is 255 g/mol. The molecule has 1 aromatic heterocycles. The number of hydrogen-bond acceptors (Lipinski definition) is 4. The van der Waals surface area contributed by atoms with E-state index in [1.165, 1.54) is 16.2 Å². The van der Waals surface area contributed by atoms with Gasteiger partial charge in [0.1, 0.15) is 6.42 Å². The predicted molar refractivity (Wildman–Crippen MR) is 68.1 cm³/mol. The summed E-state index contributed by atoms with van der Waals surface area (Å²) in [6.07, 6.45) is 2.39. The summed E-state index contributed by atoms with van der Waals surface area (Å²) < 4.78 is 0. The van der Waals surface area contributed by atoms with Crippen molar-refractivity contribution in [3.8, 4) is 0 Å². The number of nitrogens with one attached hydrogen (secondary N) is 1. The van der Waals surface area contributed by atoms with Crippen LogP contribution in [0.15, 0.2) is 11.6 Å². The Hall–Kier alpha value is -1.43. The van der Waals surface area contributed by atoms with Gasteiger partial charge in [0.25, 0.3) is 0 Å². The van der Waals surface area contributed by atoms with Gasteiger partial charge in [0.2, 0.25) is 11.8 Å². The van der Waals surface area contributed by atoms with E-state index in [0.717, 1.165) is 6.42 Å². The highest BCUT2D eigenvalue weighted by Crippen LogP contribution is 2.17. The number of rotatable bonds is 6. The first kappa shape index (κ1) is 13.6. The van der Waals surface area contributed by atoms with E-state index in [1.807, 2.05) is 19.2 Å². The van der Waals surface area contributed by atoms with Gasteiger partial charge in [-0.05, 0) is 13.3 Å². The Morgan fingerprint density at radius 3 is 2.76 bits per heavy atom. The molecule has 0 aliphatic rings. The fourth-order valence-electron chi connectivity index (χ4n) is 1.33. The summed E-state index contributed by atoms with van der Waals surface area (Å²) in [5.74, 6) is -0.442. The molecule has 0 aliphatic heterocycles. The third-order valence-corrected chi connectivity index (χ3v) is 2.95. The minimum absolute atomic E-state index is 0.118. The van der Waals surface area contributed by atoms with Crippen LogP contribution in [0.5, 0.6) is 0 Å². The number of amides is 2. The number of nitrogens with zero attached hydrogens (tertiary/aromatic N) is 2. The topological polar surface area (TPSA) is 62.3 Å². The molecule has 0 atom stereocenters. The van der Waals surface area contributed by atoms with Crippen LogP contribution in [0.3, 0.4) is 0 Å². The highest BCUT2D eigenvalue weighted by Gasteiger charge is 2.18. The molecule has 0 aliphatic carbocycles. The number of thiazole rings is 1. The van der Waals surface area contributed by atoms with Crippen LogP contribution in [0, 0.1) is 0 Å². The molecule has 1 N–H and O–H groups in total. The van der Waals surface area contributed by atoms with Crippen LogP contribution < -0.4 is 10.2 Å². The van der Waals surface area contributed by atoms with E-state index in [2.05, 4.69) is 10.3 Å². The van der Waals surface area contributed by atoms with E-state index < -0.39 is 0 Å². The van der Waals surface area contributed by atoms with Gasteiger partial charge in [0, 0.05) is 24.7 Å². The van der Waals surface area contributed by atoms with Gasteiger partial charge in [0.05, 0.1) is 0 Å². The number of anilines is 1. The molecule has 5 nitrogen and oxygen atoms in total. The van der Waals surface area contributed by atoms with Gasteiger partial charge in [-0.15, -0.1) is 11.3 Å². The summed E-state index contributed by atoms with van der Waals surface area (Å²) in [7, 11) is 0. The zero-order valence-electron chi connectivity index (χ0n) is 10.1. The molecule has 2 amide bonds. The molecule has 0 spiro atoms. The quantitative estimate of drug-likeness (QED) is 0.782. The van der Waals surface area contributed by atoms with Crippen LogP contribution >= 0.6 is 11.3 Å². The van der Waals surface area contributed by atoms with E-state index in [1.54, 1.807) is 6.20 Å². The van der Waals surface area contributed by atoms with Crippen LogP contribution in [0.2, 0.25) is 0 Å². The molecule has 1 heterocycles. The van der Waals surface area contributed by atoms with Crippen molar-refractivity contribution in [1.29, 1.82) is 0 Å². The van der Waals surface area contributed by atoms with Crippen LogP contribution in [0.25, 0.3) is 0 Å². The fraction of sp³-hybridized carbons (Fsp3) is 0.545. The van der Waals surface area contributed by atoms with Crippen LogP contribution in [0.4, 0.5) is 5.13 Å². The van der Waals surface area contributed by atoms with E-state index in [0.29, 0.717) is 18.2 Å². The van der Waals surface area contributed by atoms with Gasteiger partial charge >= 0.3 is 0 Å². The summed E-state index contributed by atoms with van der Waals surface area (Å²) in [6.45, 7) is 4.96. The highest BCUT2D eigenvalue weighted by atomic mass is 32.1. The Morgan fingerprint density at radius 2 is 2.24 bits per heavy atom. The van der Waals surface area contributed by atoms with E-state index in [4.69, 9.17) is 0 Å². The lowest BCUT2D eigenvalue weighted by Crippen LogP contribution is -2.35. The highest BCUT2D eigenvalue weighted by molar-refractivity contribution is 7.13. The number of hydrogen-bond donors (Lipinski definition) is 1. The van der Waals surface area contributed by atoms with Crippen molar-refractivity contribution >= 4 is 28.3 Å². The molecule has 0 unspecified atom stereocenters. The van der Waals surface area contributed by atoms with Crippen LogP contribution in [-0.4, -0.2) is 29.9 Å². The standard InChI is InChI=1S/C11H17N3O2S/c1-3-5-12-9(15)8-10(16)14(4-2)11-13-6-7-17-11/h6-7H,3-5,8H2,1-2H3,(H,12,15). The van der Waals surface area contributed by atoms with Crippen molar-refractivity contribution in [2.45, 2.75) is 26.7 Å². The van der Waals surface area contributed by atoms with Crippen molar-refractivity contribution in [2.24, 2.45) is 0 Å². The molecule has 0 saturated carbocycles. The molecule has 0 saturated heterocycles. The molecule has 6 heteroatoms. The minimum atomic E-state index is -0.230. The van der Waals surface area contributed by atoms with E-state index in [-0.39, 0.29) is 18.2 Å². The summed E-state index contributed by atoms with van der Waals surface area (Å²) in [4.78, 5) is 28.9. The van der Waals surface area contributed by atoms with Crippen molar-refractivity contribution in [1.82, 2.24) is 10.3 Å². The van der Waals surface area contributed by atoms with E-state index >= 15 is 0 Å².